The molecule has 20 heavy (non-hydrogen) atoms. The first-order valence-electron chi connectivity index (χ1n) is 7.07. The Morgan fingerprint density at radius 1 is 1.25 bits per heavy atom. The fourth-order valence-corrected chi connectivity index (χ4v) is 2.20. The summed E-state index contributed by atoms with van der Waals surface area (Å²) in [6.07, 6.45) is 0.466. The van der Waals surface area contributed by atoms with Gasteiger partial charge in [0.25, 0.3) is 0 Å². The summed E-state index contributed by atoms with van der Waals surface area (Å²) in [6.45, 7) is 11.7. The molecule has 0 aliphatic carbocycles. The Bertz CT molecular complexity index is 464. The monoisotopic (exact) mass is 274 g/mol. The number of carbonyl (C=O) groups is 1. The summed E-state index contributed by atoms with van der Waals surface area (Å²) in [6, 6.07) is 8.67. The van der Waals surface area contributed by atoms with Crippen molar-refractivity contribution in [2.75, 3.05) is 20.2 Å². The number of ether oxygens (including phenoxy) is 1. The van der Waals surface area contributed by atoms with E-state index in [1.54, 1.807) is 7.11 Å². The molecule has 3 heteroatoms. The molecular formula is C17H24NO2. The second kappa shape index (κ2) is 7.85. The van der Waals surface area contributed by atoms with Gasteiger partial charge in [-0.1, -0.05) is 39.5 Å². The van der Waals surface area contributed by atoms with Crippen LogP contribution in [0.5, 0.6) is 5.75 Å². The number of benzene rings is 1. The molecule has 0 amide bonds. The highest BCUT2D eigenvalue weighted by atomic mass is 16.5. The van der Waals surface area contributed by atoms with E-state index >= 15 is 0 Å². The number of hydrogen-bond donors (Lipinski definition) is 0. The molecule has 0 aliphatic heterocycles. The third-order valence-electron chi connectivity index (χ3n) is 3.37. The number of ketones is 1. The Labute approximate surface area is 122 Å². The van der Waals surface area contributed by atoms with Crippen LogP contribution >= 0.6 is 0 Å². The lowest BCUT2D eigenvalue weighted by molar-refractivity contribution is -0.115. The molecule has 0 unspecified atom stereocenters. The predicted molar refractivity (Wildman–Crippen MR) is 82.7 cm³/mol. The molecule has 0 heterocycles. The van der Waals surface area contributed by atoms with Crippen LogP contribution < -0.4 is 4.74 Å². The molecule has 1 aromatic carbocycles. The molecule has 0 fully saturated rings. The number of Topliss-reactive ketones (excluding diaryl/α,β-unsaturated/α-hetero) is 1. The zero-order valence-electron chi connectivity index (χ0n) is 12.9. The number of nitrogens with zero attached hydrogens (tertiary/aromatic N) is 1. The Hall–Kier alpha value is -1.61. The SMILES string of the molecule is C=C([C](c1cccc(OC)c1)N(CC)CC)C(=O)CC. The molecule has 109 valence electrons. The van der Waals surface area contributed by atoms with E-state index in [0.717, 1.165) is 30.4 Å². The largest absolute Gasteiger partial charge is 0.497 e. The molecule has 0 saturated carbocycles. The number of hydrogen-bond acceptors (Lipinski definition) is 3. The lowest BCUT2D eigenvalue weighted by Crippen LogP contribution is -2.32. The number of methoxy groups -OCH3 is 1. The van der Waals surface area contributed by atoms with Crippen molar-refractivity contribution in [1.82, 2.24) is 4.90 Å². The molecule has 0 atom stereocenters. The highest BCUT2D eigenvalue weighted by Crippen LogP contribution is 2.29. The first-order valence-corrected chi connectivity index (χ1v) is 7.07. The second-order valence-electron chi connectivity index (χ2n) is 4.51. The van der Waals surface area contributed by atoms with Crippen molar-refractivity contribution in [2.24, 2.45) is 0 Å². The van der Waals surface area contributed by atoms with Gasteiger partial charge in [-0.15, -0.1) is 0 Å². The fourth-order valence-electron chi connectivity index (χ4n) is 2.20. The minimum atomic E-state index is 0.0784. The Morgan fingerprint density at radius 3 is 2.40 bits per heavy atom. The van der Waals surface area contributed by atoms with Crippen molar-refractivity contribution in [1.29, 1.82) is 0 Å². The zero-order valence-corrected chi connectivity index (χ0v) is 12.9. The van der Waals surface area contributed by atoms with Crippen LogP contribution in [-0.2, 0) is 4.79 Å². The van der Waals surface area contributed by atoms with E-state index in [-0.39, 0.29) is 5.78 Å². The maximum Gasteiger partial charge on any atom is 0.160 e. The maximum absolute atomic E-state index is 12.0. The molecule has 0 N–H and O–H groups in total. The molecule has 3 nitrogen and oxygen atoms in total. The summed E-state index contributed by atoms with van der Waals surface area (Å²) in [4.78, 5) is 14.2. The average molecular weight is 274 g/mol. The fraction of sp³-hybridized carbons (Fsp3) is 0.412. The van der Waals surface area contributed by atoms with Crippen LogP contribution in [-0.4, -0.2) is 30.9 Å². The molecule has 0 aliphatic rings. The Morgan fingerprint density at radius 2 is 1.90 bits per heavy atom. The number of likely N-dealkylation sites (N-methyl/N-ethyl adjacent to an activating group) is 1. The van der Waals surface area contributed by atoms with Crippen LogP contribution in [0.15, 0.2) is 36.4 Å². The molecule has 0 bridgehead atoms. The molecule has 1 radical (unpaired) electrons. The van der Waals surface area contributed by atoms with Crippen molar-refractivity contribution >= 4 is 5.78 Å². The van der Waals surface area contributed by atoms with Gasteiger partial charge in [0.15, 0.2) is 5.78 Å². The predicted octanol–water partition coefficient (Wildman–Crippen LogP) is 3.45. The van der Waals surface area contributed by atoms with Crippen LogP contribution in [0.1, 0.15) is 32.8 Å². The van der Waals surface area contributed by atoms with Gasteiger partial charge in [0.1, 0.15) is 11.8 Å². The summed E-state index contributed by atoms with van der Waals surface area (Å²) < 4.78 is 5.27. The topological polar surface area (TPSA) is 29.5 Å². The van der Waals surface area contributed by atoms with Gasteiger partial charge < -0.3 is 4.74 Å². The van der Waals surface area contributed by atoms with Crippen molar-refractivity contribution in [2.45, 2.75) is 27.2 Å². The normalized spacial score (nSPS) is 10.9. The lowest BCUT2D eigenvalue weighted by Gasteiger charge is -2.30. The van der Waals surface area contributed by atoms with E-state index in [9.17, 15) is 4.79 Å². The highest BCUT2D eigenvalue weighted by molar-refractivity contribution is 5.98. The zero-order chi connectivity index (χ0) is 15.1. The van der Waals surface area contributed by atoms with Gasteiger partial charge in [-0.2, -0.15) is 0 Å². The summed E-state index contributed by atoms with van der Waals surface area (Å²) in [5.74, 6) is 0.860. The first-order chi connectivity index (χ1) is 9.58. The molecule has 0 saturated heterocycles. The van der Waals surface area contributed by atoms with Gasteiger partial charge in [0.2, 0.25) is 0 Å². The van der Waals surface area contributed by atoms with Crippen LogP contribution in [0, 0.1) is 6.04 Å². The summed E-state index contributed by atoms with van der Waals surface area (Å²) in [5, 5.41) is 0. The van der Waals surface area contributed by atoms with Gasteiger partial charge in [0, 0.05) is 12.0 Å². The second-order valence-corrected chi connectivity index (χ2v) is 4.51. The summed E-state index contributed by atoms with van der Waals surface area (Å²) in [7, 11) is 1.64. The first kappa shape index (κ1) is 16.4. The minimum Gasteiger partial charge on any atom is -0.497 e. The van der Waals surface area contributed by atoms with E-state index in [1.807, 2.05) is 31.2 Å². The number of carbonyl (C=O) groups excluding carboxylic acids is 1. The quantitative estimate of drug-likeness (QED) is 0.680. The van der Waals surface area contributed by atoms with Crippen molar-refractivity contribution in [3.05, 3.63) is 48.0 Å². The van der Waals surface area contributed by atoms with Gasteiger partial charge in [-0.3, -0.25) is 9.69 Å². The van der Waals surface area contributed by atoms with Crippen LogP contribution in [0.2, 0.25) is 0 Å². The van der Waals surface area contributed by atoms with E-state index in [0.29, 0.717) is 12.0 Å². The Balaban J connectivity index is 3.21. The van der Waals surface area contributed by atoms with Crippen LogP contribution in [0.3, 0.4) is 0 Å². The van der Waals surface area contributed by atoms with Crippen LogP contribution in [0.4, 0.5) is 0 Å². The molecule has 0 aromatic heterocycles. The molecule has 1 rings (SSSR count). The van der Waals surface area contributed by atoms with Crippen molar-refractivity contribution in [3.8, 4) is 5.75 Å². The minimum absolute atomic E-state index is 0.0784. The molecule has 0 spiro atoms. The maximum atomic E-state index is 12.0. The Kier molecular flexibility index (Phi) is 6.46. The van der Waals surface area contributed by atoms with Gasteiger partial charge in [-0.05, 0) is 30.8 Å². The van der Waals surface area contributed by atoms with Gasteiger partial charge in [0.05, 0.1) is 7.11 Å². The lowest BCUT2D eigenvalue weighted by atomic mass is 9.94. The third kappa shape index (κ3) is 3.70. The van der Waals surface area contributed by atoms with E-state index in [2.05, 4.69) is 25.3 Å². The van der Waals surface area contributed by atoms with E-state index in [4.69, 9.17) is 4.74 Å². The van der Waals surface area contributed by atoms with Gasteiger partial charge >= 0.3 is 0 Å². The van der Waals surface area contributed by atoms with E-state index in [1.165, 1.54) is 0 Å². The average Bonchev–Trinajstić information content (AvgIpc) is 2.50. The van der Waals surface area contributed by atoms with Crippen molar-refractivity contribution in [3.63, 3.8) is 0 Å². The van der Waals surface area contributed by atoms with Crippen molar-refractivity contribution < 1.29 is 9.53 Å². The standard InChI is InChI=1S/C17H24NO2/c1-6-16(19)13(4)17(18(7-2)8-3)14-10-9-11-15(12-14)20-5/h9-12H,4,6-8H2,1-3,5H3. The molecular weight excluding hydrogens is 250 g/mol. The van der Waals surface area contributed by atoms with Crippen LogP contribution in [0.25, 0.3) is 0 Å². The summed E-state index contributed by atoms with van der Waals surface area (Å²) in [5.41, 5.74) is 1.55. The summed E-state index contributed by atoms with van der Waals surface area (Å²) >= 11 is 0. The third-order valence-corrected chi connectivity index (χ3v) is 3.37. The number of rotatable bonds is 8. The van der Waals surface area contributed by atoms with Gasteiger partial charge in [-0.25, -0.2) is 0 Å². The smallest absolute Gasteiger partial charge is 0.160 e. The molecule has 1 aromatic rings. The van der Waals surface area contributed by atoms with E-state index < -0.39 is 0 Å². The highest BCUT2D eigenvalue weighted by Gasteiger charge is 2.26.